The molecule has 3 aromatic rings. The Morgan fingerprint density at radius 3 is 2.87 bits per heavy atom. The van der Waals surface area contributed by atoms with Crippen molar-refractivity contribution >= 4 is 45.8 Å². The van der Waals surface area contributed by atoms with Crippen molar-refractivity contribution in [3.63, 3.8) is 0 Å². The van der Waals surface area contributed by atoms with Gasteiger partial charge in [-0.2, -0.15) is 0 Å². The highest BCUT2D eigenvalue weighted by atomic mass is 35.5. The molecule has 5 rings (SSSR count). The van der Waals surface area contributed by atoms with Crippen molar-refractivity contribution < 1.29 is 14.0 Å². The molecule has 1 saturated heterocycles. The molecule has 3 heterocycles. The molecule has 2 aliphatic rings. The fraction of sp³-hybridized carbons (Fsp3) is 0.318. The van der Waals surface area contributed by atoms with Crippen molar-refractivity contribution in [1.82, 2.24) is 10.2 Å². The van der Waals surface area contributed by atoms with E-state index in [1.807, 2.05) is 18.4 Å². The Bertz CT molecular complexity index is 1260. The first-order valence-electron chi connectivity index (χ1n) is 9.89. The average molecular weight is 443 g/mol. The van der Waals surface area contributed by atoms with Crippen LogP contribution >= 0.6 is 22.9 Å². The molecule has 3 amide bonds. The van der Waals surface area contributed by atoms with Gasteiger partial charge in [-0.1, -0.05) is 18.5 Å². The molecule has 154 valence electrons. The number of hydrogen-bond donors (Lipinski definition) is 1. The van der Waals surface area contributed by atoms with Crippen LogP contribution in [0.1, 0.15) is 41.3 Å². The molecule has 1 spiro atoms. The Labute approximate surface area is 181 Å². The summed E-state index contributed by atoms with van der Waals surface area (Å²) in [6.07, 6.45) is 3.02. The van der Waals surface area contributed by atoms with Gasteiger partial charge in [0.2, 0.25) is 0 Å². The molecule has 6 nitrogen and oxygen atoms in total. The molecule has 1 atom stereocenters. The molecule has 1 N–H and O–H groups in total. The summed E-state index contributed by atoms with van der Waals surface area (Å²) in [6, 6.07) is 6.29. The molecule has 1 aliphatic carbocycles. The zero-order valence-corrected chi connectivity index (χ0v) is 17.9. The Morgan fingerprint density at radius 1 is 1.23 bits per heavy atom. The number of rotatable bonds is 3. The van der Waals surface area contributed by atoms with Crippen LogP contribution in [0.4, 0.5) is 4.79 Å². The number of thiophene rings is 1. The van der Waals surface area contributed by atoms with Gasteiger partial charge in [0.05, 0.1) is 6.54 Å². The number of aryl methyl sites for hydroxylation is 2. The Kier molecular flexibility index (Phi) is 4.48. The van der Waals surface area contributed by atoms with Gasteiger partial charge < -0.3 is 9.73 Å². The fourth-order valence-corrected chi connectivity index (χ4v) is 5.84. The first-order chi connectivity index (χ1) is 14.4. The molecule has 1 fully saturated rings. The van der Waals surface area contributed by atoms with E-state index >= 15 is 0 Å². The van der Waals surface area contributed by atoms with Crippen molar-refractivity contribution in [3.8, 4) is 0 Å². The van der Waals surface area contributed by atoms with Crippen LogP contribution in [-0.4, -0.2) is 16.8 Å². The van der Waals surface area contributed by atoms with Gasteiger partial charge >= 0.3 is 11.7 Å². The van der Waals surface area contributed by atoms with Crippen LogP contribution in [0.15, 0.2) is 38.9 Å². The summed E-state index contributed by atoms with van der Waals surface area (Å²) in [5.41, 5.74) is 1.16. The zero-order valence-electron chi connectivity index (χ0n) is 16.3. The van der Waals surface area contributed by atoms with E-state index in [4.69, 9.17) is 16.0 Å². The Morgan fingerprint density at radius 2 is 2.07 bits per heavy atom. The van der Waals surface area contributed by atoms with Gasteiger partial charge in [0.15, 0.2) is 0 Å². The average Bonchev–Trinajstić information content (AvgIpc) is 3.28. The largest absolute Gasteiger partial charge is 0.423 e. The molecule has 2 aromatic heterocycles. The summed E-state index contributed by atoms with van der Waals surface area (Å²) in [7, 11) is 0. The zero-order chi connectivity index (χ0) is 21.0. The summed E-state index contributed by atoms with van der Waals surface area (Å²) >= 11 is 7.98. The van der Waals surface area contributed by atoms with Gasteiger partial charge in [0, 0.05) is 26.9 Å². The topological polar surface area (TPSA) is 79.6 Å². The summed E-state index contributed by atoms with van der Waals surface area (Å²) in [4.78, 5) is 40.8. The molecule has 0 bridgehead atoms. The maximum absolute atomic E-state index is 13.5. The number of amides is 3. The van der Waals surface area contributed by atoms with Gasteiger partial charge in [-0.25, -0.2) is 9.59 Å². The second-order valence-electron chi connectivity index (χ2n) is 7.72. The lowest BCUT2D eigenvalue weighted by Gasteiger charge is -2.31. The van der Waals surface area contributed by atoms with E-state index in [2.05, 4.69) is 5.32 Å². The molecule has 1 aromatic carbocycles. The minimum atomic E-state index is -1.01. The van der Waals surface area contributed by atoms with E-state index in [1.165, 1.54) is 11.0 Å². The third-order valence-corrected chi connectivity index (χ3v) is 7.38. The number of benzene rings is 1. The fourth-order valence-electron chi connectivity index (χ4n) is 4.55. The van der Waals surface area contributed by atoms with E-state index in [0.717, 1.165) is 28.8 Å². The highest BCUT2D eigenvalue weighted by molar-refractivity contribution is 7.10. The Hall–Kier alpha value is -2.64. The van der Waals surface area contributed by atoms with Crippen molar-refractivity contribution in [2.75, 3.05) is 0 Å². The maximum atomic E-state index is 13.5. The summed E-state index contributed by atoms with van der Waals surface area (Å²) in [5, 5.41) is 6.08. The standard InChI is InChI=1S/C22H19ClN2O4S/c1-2-12-8-17-14(10-16(12)23)13(9-19(26)29-17)11-25-20(27)22(24-21(25)28)6-3-4-18-15(22)5-7-30-18/h5,7-10H,2-4,6,11H2,1H3,(H,24,28)/t22-/m1/s1. The number of urea groups is 1. The van der Waals surface area contributed by atoms with Gasteiger partial charge in [-0.3, -0.25) is 9.69 Å². The van der Waals surface area contributed by atoms with Crippen LogP contribution in [-0.2, 0) is 29.7 Å². The van der Waals surface area contributed by atoms with Crippen LogP contribution in [0.3, 0.4) is 0 Å². The number of carbonyl (C=O) groups is 2. The lowest BCUT2D eigenvalue weighted by Crippen LogP contribution is -2.46. The minimum Gasteiger partial charge on any atom is -0.423 e. The smallest absolute Gasteiger partial charge is 0.336 e. The van der Waals surface area contributed by atoms with Gasteiger partial charge in [-0.05, 0) is 60.4 Å². The molecule has 1 aliphatic heterocycles. The molecule has 0 unspecified atom stereocenters. The van der Waals surface area contributed by atoms with Crippen LogP contribution in [0.25, 0.3) is 11.0 Å². The number of hydrogen-bond acceptors (Lipinski definition) is 5. The number of halogens is 1. The molecular formula is C22H19ClN2O4S. The SMILES string of the molecule is CCc1cc2oc(=O)cc(CN3C(=O)N[C@@]4(CCCc5sccc54)C3=O)c2cc1Cl. The number of nitrogens with zero attached hydrogens (tertiary/aromatic N) is 1. The quantitative estimate of drug-likeness (QED) is 0.483. The number of fused-ring (bicyclic) bond motifs is 3. The number of carbonyl (C=O) groups excluding carboxylic acids is 2. The van der Waals surface area contributed by atoms with Crippen LogP contribution in [0.5, 0.6) is 0 Å². The second-order valence-corrected chi connectivity index (χ2v) is 9.13. The van der Waals surface area contributed by atoms with E-state index in [1.54, 1.807) is 23.5 Å². The predicted molar refractivity (Wildman–Crippen MR) is 115 cm³/mol. The van der Waals surface area contributed by atoms with E-state index in [-0.39, 0.29) is 12.5 Å². The van der Waals surface area contributed by atoms with Crippen LogP contribution < -0.4 is 10.9 Å². The summed E-state index contributed by atoms with van der Waals surface area (Å²) < 4.78 is 5.35. The van der Waals surface area contributed by atoms with E-state index in [0.29, 0.717) is 34.4 Å². The number of nitrogens with one attached hydrogen (secondary N) is 1. The molecule has 0 radical (unpaired) electrons. The first-order valence-corrected chi connectivity index (χ1v) is 11.1. The lowest BCUT2D eigenvalue weighted by atomic mass is 9.80. The maximum Gasteiger partial charge on any atom is 0.336 e. The van der Waals surface area contributed by atoms with Crippen LogP contribution in [0, 0.1) is 0 Å². The first kappa shape index (κ1) is 19.3. The third-order valence-electron chi connectivity index (χ3n) is 6.04. The second kappa shape index (κ2) is 6.96. The molecular weight excluding hydrogens is 424 g/mol. The van der Waals surface area contributed by atoms with E-state index < -0.39 is 17.2 Å². The molecule has 0 saturated carbocycles. The number of imide groups is 1. The predicted octanol–water partition coefficient (Wildman–Crippen LogP) is 4.35. The summed E-state index contributed by atoms with van der Waals surface area (Å²) in [5.74, 6) is -0.274. The van der Waals surface area contributed by atoms with Crippen molar-refractivity contribution in [2.45, 2.75) is 44.7 Å². The highest BCUT2D eigenvalue weighted by Gasteiger charge is 2.54. The van der Waals surface area contributed by atoms with Gasteiger partial charge in [-0.15, -0.1) is 11.3 Å². The highest BCUT2D eigenvalue weighted by Crippen LogP contribution is 2.42. The molecule has 8 heteroatoms. The van der Waals surface area contributed by atoms with Gasteiger partial charge in [0.1, 0.15) is 11.1 Å². The molecule has 30 heavy (non-hydrogen) atoms. The van der Waals surface area contributed by atoms with Crippen molar-refractivity contribution in [1.29, 1.82) is 0 Å². The van der Waals surface area contributed by atoms with Gasteiger partial charge in [0.25, 0.3) is 5.91 Å². The van der Waals surface area contributed by atoms with Crippen molar-refractivity contribution in [3.05, 3.63) is 66.7 Å². The Balaban J connectivity index is 1.57. The third kappa shape index (κ3) is 2.80. The van der Waals surface area contributed by atoms with Crippen molar-refractivity contribution in [2.24, 2.45) is 0 Å². The normalized spacial score (nSPS) is 20.8. The van der Waals surface area contributed by atoms with E-state index in [9.17, 15) is 14.4 Å². The summed E-state index contributed by atoms with van der Waals surface area (Å²) in [6.45, 7) is 1.94. The van der Waals surface area contributed by atoms with Crippen LogP contribution in [0.2, 0.25) is 5.02 Å². The lowest BCUT2D eigenvalue weighted by molar-refractivity contribution is -0.132. The monoisotopic (exact) mass is 442 g/mol. The minimum absolute atomic E-state index is 0.0181.